The molecule has 0 bridgehead atoms. The fraction of sp³-hybridized carbons (Fsp3) is 0.500. The van der Waals surface area contributed by atoms with Crippen LogP contribution in [-0.4, -0.2) is 35.6 Å². The number of nitrogens with two attached hydrogens (primary N) is 1. The summed E-state index contributed by atoms with van der Waals surface area (Å²) in [6.07, 6.45) is 0.250. The summed E-state index contributed by atoms with van der Waals surface area (Å²) in [7, 11) is 0. The zero-order valence-electron chi connectivity index (χ0n) is 13.3. The Labute approximate surface area is 130 Å². The van der Waals surface area contributed by atoms with Gasteiger partial charge in [0.1, 0.15) is 5.60 Å². The van der Waals surface area contributed by atoms with Crippen LogP contribution >= 0.6 is 0 Å². The summed E-state index contributed by atoms with van der Waals surface area (Å²) in [4.78, 5) is 25.8. The predicted molar refractivity (Wildman–Crippen MR) is 85.4 cm³/mol. The molecule has 0 saturated carbocycles. The Hall–Kier alpha value is -2.24. The molecule has 1 aliphatic rings. The molecule has 0 spiro atoms. The number of benzene rings is 1. The van der Waals surface area contributed by atoms with Gasteiger partial charge in [-0.1, -0.05) is 12.1 Å². The van der Waals surface area contributed by atoms with Crippen molar-refractivity contribution in [2.75, 3.05) is 24.1 Å². The molecule has 22 heavy (non-hydrogen) atoms. The number of nitrogen functional groups attached to an aromatic ring is 1. The first-order valence-electron chi connectivity index (χ1n) is 7.39. The SMILES string of the molecule is CC(C)(C)OC(=O)N1CCC(C(=O)Nc2ccccc2N)C1. The second-order valence-corrected chi connectivity index (χ2v) is 6.49. The number of carbonyl (C=O) groups excluding carboxylic acids is 2. The minimum Gasteiger partial charge on any atom is -0.444 e. The first-order valence-corrected chi connectivity index (χ1v) is 7.39. The van der Waals surface area contributed by atoms with Gasteiger partial charge in [-0.2, -0.15) is 0 Å². The van der Waals surface area contributed by atoms with Crippen LogP contribution in [0.3, 0.4) is 0 Å². The van der Waals surface area contributed by atoms with Gasteiger partial charge in [0, 0.05) is 13.1 Å². The lowest BCUT2D eigenvalue weighted by Crippen LogP contribution is -2.36. The standard InChI is InChI=1S/C16H23N3O3/c1-16(2,3)22-15(21)19-9-8-11(10-19)14(20)18-13-7-5-4-6-12(13)17/h4-7,11H,8-10,17H2,1-3H3,(H,18,20). The van der Waals surface area contributed by atoms with E-state index in [9.17, 15) is 9.59 Å². The molecule has 1 atom stereocenters. The monoisotopic (exact) mass is 305 g/mol. The topological polar surface area (TPSA) is 84.7 Å². The molecule has 6 heteroatoms. The van der Waals surface area contributed by atoms with Crippen molar-refractivity contribution in [1.82, 2.24) is 4.90 Å². The highest BCUT2D eigenvalue weighted by molar-refractivity contribution is 5.95. The molecule has 1 saturated heterocycles. The van der Waals surface area contributed by atoms with Gasteiger partial charge in [0.15, 0.2) is 0 Å². The molecule has 1 aliphatic heterocycles. The zero-order valence-corrected chi connectivity index (χ0v) is 13.3. The van der Waals surface area contributed by atoms with E-state index >= 15 is 0 Å². The van der Waals surface area contributed by atoms with Gasteiger partial charge in [0.05, 0.1) is 17.3 Å². The van der Waals surface area contributed by atoms with E-state index in [1.54, 1.807) is 17.0 Å². The van der Waals surface area contributed by atoms with E-state index in [0.717, 1.165) is 0 Å². The number of hydrogen-bond donors (Lipinski definition) is 2. The highest BCUT2D eigenvalue weighted by Gasteiger charge is 2.33. The van der Waals surface area contributed by atoms with Gasteiger partial charge in [-0.3, -0.25) is 4.79 Å². The molecule has 120 valence electrons. The third kappa shape index (κ3) is 4.13. The first-order chi connectivity index (χ1) is 10.3. The Morgan fingerprint density at radius 2 is 2.00 bits per heavy atom. The zero-order chi connectivity index (χ0) is 16.3. The number of para-hydroxylation sites is 2. The minimum absolute atomic E-state index is 0.121. The maximum absolute atomic E-state index is 12.3. The number of nitrogens with zero attached hydrogens (tertiary/aromatic N) is 1. The molecule has 6 nitrogen and oxygen atoms in total. The molecular weight excluding hydrogens is 282 g/mol. The van der Waals surface area contributed by atoms with Crippen molar-refractivity contribution in [2.24, 2.45) is 5.92 Å². The Morgan fingerprint density at radius 1 is 1.32 bits per heavy atom. The van der Waals surface area contributed by atoms with Crippen molar-refractivity contribution in [2.45, 2.75) is 32.8 Å². The number of anilines is 2. The highest BCUT2D eigenvalue weighted by atomic mass is 16.6. The first kappa shape index (κ1) is 16.1. The summed E-state index contributed by atoms with van der Waals surface area (Å²) in [6, 6.07) is 7.11. The number of likely N-dealkylation sites (tertiary alicyclic amines) is 1. The van der Waals surface area contributed by atoms with E-state index in [0.29, 0.717) is 30.9 Å². The number of rotatable bonds is 2. The Bertz CT molecular complexity index is 566. The number of hydrogen-bond acceptors (Lipinski definition) is 4. The lowest BCUT2D eigenvalue weighted by molar-refractivity contribution is -0.119. The molecule has 1 aromatic rings. The van der Waals surface area contributed by atoms with Crippen molar-refractivity contribution in [3.05, 3.63) is 24.3 Å². The average molecular weight is 305 g/mol. The number of nitrogens with one attached hydrogen (secondary N) is 1. The predicted octanol–water partition coefficient (Wildman–Crippen LogP) is 2.46. The second kappa shape index (κ2) is 6.25. The summed E-state index contributed by atoms with van der Waals surface area (Å²) < 4.78 is 5.32. The van der Waals surface area contributed by atoms with Crippen LogP contribution < -0.4 is 11.1 Å². The Kier molecular flexibility index (Phi) is 4.59. The molecule has 0 aliphatic carbocycles. The molecule has 3 N–H and O–H groups in total. The molecule has 1 fully saturated rings. The van der Waals surface area contributed by atoms with Crippen molar-refractivity contribution in [3.8, 4) is 0 Å². The molecule has 0 aromatic heterocycles. The number of ether oxygens (including phenoxy) is 1. The summed E-state index contributed by atoms with van der Waals surface area (Å²) in [5, 5.41) is 2.82. The summed E-state index contributed by atoms with van der Waals surface area (Å²) >= 11 is 0. The summed E-state index contributed by atoms with van der Waals surface area (Å²) in [5.41, 5.74) is 6.41. The summed E-state index contributed by atoms with van der Waals surface area (Å²) in [5.74, 6) is -0.365. The molecule has 1 heterocycles. The number of carbonyl (C=O) groups is 2. The van der Waals surface area contributed by atoms with Gasteiger partial charge in [-0.15, -0.1) is 0 Å². The van der Waals surface area contributed by atoms with Crippen LogP contribution in [0.1, 0.15) is 27.2 Å². The maximum atomic E-state index is 12.3. The highest BCUT2D eigenvalue weighted by Crippen LogP contribution is 2.23. The second-order valence-electron chi connectivity index (χ2n) is 6.49. The molecule has 2 amide bonds. The normalized spacial score (nSPS) is 18.1. The largest absolute Gasteiger partial charge is 0.444 e. The van der Waals surface area contributed by atoms with Gasteiger partial charge in [0.2, 0.25) is 5.91 Å². The van der Waals surface area contributed by atoms with Crippen molar-refractivity contribution >= 4 is 23.4 Å². The van der Waals surface area contributed by atoms with Crippen LogP contribution in [0.4, 0.5) is 16.2 Å². The third-order valence-corrected chi connectivity index (χ3v) is 3.43. The van der Waals surface area contributed by atoms with Gasteiger partial charge < -0.3 is 20.7 Å². The molecule has 2 rings (SSSR count). The molecule has 1 unspecified atom stereocenters. The lowest BCUT2D eigenvalue weighted by Gasteiger charge is -2.24. The van der Waals surface area contributed by atoms with E-state index in [4.69, 9.17) is 10.5 Å². The Balaban J connectivity index is 1.91. The number of amides is 2. The quantitative estimate of drug-likeness (QED) is 0.822. The van der Waals surface area contributed by atoms with Crippen LogP contribution in [0.25, 0.3) is 0 Å². The fourth-order valence-electron chi connectivity index (χ4n) is 2.31. The van der Waals surface area contributed by atoms with Crippen molar-refractivity contribution in [1.29, 1.82) is 0 Å². The van der Waals surface area contributed by atoms with Gasteiger partial charge in [0.25, 0.3) is 0 Å². The molecule has 0 radical (unpaired) electrons. The average Bonchev–Trinajstić information content (AvgIpc) is 2.89. The van der Waals surface area contributed by atoms with Gasteiger partial charge >= 0.3 is 6.09 Å². The maximum Gasteiger partial charge on any atom is 0.410 e. The minimum atomic E-state index is -0.532. The Morgan fingerprint density at radius 3 is 2.64 bits per heavy atom. The van der Waals surface area contributed by atoms with Crippen molar-refractivity contribution in [3.63, 3.8) is 0 Å². The molecular formula is C16H23N3O3. The van der Waals surface area contributed by atoms with Crippen LogP contribution in [-0.2, 0) is 9.53 Å². The van der Waals surface area contributed by atoms with E-state index < -0.39 is 5.60 Å². The van der Waals surface area contributed by atoms with Crippen LogP contribution in [0, 0.1) is 5.92 Å². The van der Waals surface area contributed by atoms with E-state index in [1.807, 2.05) is 32.9 Å². The fourth-order valence-corrected chi connectivity index (χ4v) is 2.31. The van der Waals surface area contributed by atoms with Crippen LogP contribution in [0.15, 0.2) is 24.3 Å². The van der Waals surface area contributed by atoms with E-state index in [-0.39, 0.29) is 17.9 Å². The van der Waals surface area contributed by atoms with Crippen molar-refractivity contribution < 1.29 is 14.3 Å². The molecule has 1 aromatic carbocycles. The smallest absolute Gasteiger partial charge is 0.410 e. The van der Waals surface area contributed by atoms with E-state index in [1.165, 1.54) is 0 Å². The summed E-state index contributed by atoms with van der Waals surface area (Å²) in [6.45, 7) is 6.36. The van der Waals surface area contributed by atoms with Crippen LogP contribution in [0.5, 0.6) is 0 Å². The lowest BCUT2D eigenvalue weighted by atomic mass is 10.1. The van der Waals surface area contributed by atoms with Gasteiger partial charge in [-0.05, 0) is 39.3 Å². The van der Waals surface area contributed by atoms with Gasteiger partial charge in [-0.25, -0.2) is 4.79 Å². The van der Waals surface area contributed by atoms with Crippen LogP contribution in [0.2, 0.25) is 0 Å². The third-order valence-electron chi connectivity index (χ3n) is 3.43. The van der Waals surface area contributed by atoms with E-state index in [2.05, 4.69) is 5.32 Å².